The summed E-state index contributed by atoms with van der Waals surface area (Å²) in [7, 11) is 3.37. The highest BCUT2D eigenvalue weighted by atomic mass is 16.5. The molecular weight excluding hydrogens is 420 g/mol. The molecule has 0 amide bonds. The molecule has 2 saturated carbocycles. The van der Waals surface area contributed by atoms with Crippen molar-refractivity contribution in [1.82, 2.24) is 0 Å². The first kappa shape index (κ1) is 26.9. The van der Waals surface area contributed by atoms with E-state index in [1.165, 1.54) is 0 Å². The van der Waals surface area contributed by atoms with Crippen LogP contribution >= 0.6 is 0 Å². The molecule has 0 aromatic heterocycles. The van der Waals surface area contributed by atoms with Gasteiger partial charge < -0.3 is 19.3 Å². The second-order valence-electron chi connectivity index (χ2n) is 9.11. The van der Waals surface area contributed by atoms with E-state index in [0.717, 1.165) is 70.0 Å². The van der Waals surface area contributed by atoms with Crippen LogP contribution in [0.1, 0.15) is 63.4 Å². The van der Waals surface area contributed by atoms with Crippen molar-refractivity contribution in [3.8, 4) is 0 Å². The summed E-state index contributed by atoms with van der Waals surface area (Å²) in [6, 6.07) is 9.81. The number of rotatable bonds is 9. The molecule has 0 aliphatic heterocycles. The lowest BCUT2D eigenvalue weighted by molar-refractivity contribution is -0.151. The van der Waals surface area contributed by atoms with Crippen molar-refractivity contribution in [2.75, 3.05) is 20.8 Å². The van der Waals surface area contributed by atoms with Crippen LogP contribution < -0.4 is 0 Å². The van der Waals surface area contributed by atoms with Crippen LogP contribution in [0.3, 0.4) is 0 Å². The third-order valence-electron chi connectivity index (χ3n) is 6.74. The summed E-state index contributed by atoms with van der Waals surface area (Å²) >= 11 is 0. The van der Waals surface area contributed by atoms with Gasteiger partial charge in [0.05, 0.1) is 25.2 Å². The van der Waals surface area contributed by atoms with Crippen molar-refractivity contribution in [3.05, 3.63) is 48.2 Å². The highest BCUT2D eigenvalue weighted by molar-refractivity contribution is 5.72. The monoisotopic (exact) mass is 460 g/mol. The van der Waals surface area contributed by atoms with Crippen molar-refractivity contribution in [3.63, 3.8) is 0 Å². The first-order valence-corrected chi connectivity index (χ1v) is 12.1. The van der Waals surface area contributed by atoms with E-state index in [9.17, 15) is 9.59 Å². The molecule has 0 atom stereocenters. The molecule has 6 nitrogen and oxygen atoms in total. The van der Waals surface area contributed by atoms with Crippen LogP contribution in [-0.2, 0) is 30.4 Å². The predicted molar refractivity (Wildman–Crippen MR) is 127 cm³/mol. The number of esters is 1. The fraction of sp³-hybridized carbons (Fsp3) is 0.630. The van der Waals surface area contributed by atoms with Crippen LogP contribution in [0.15, 0.2) is 42.7 Å². The Balaban J connectivity index is 0.000000257. The van der Waals surface area contributed by atoms with Gasteiger partial charge in [-0.15, -0.1) is 0 Å². The molecule has 0 radical (unpaired) electrons. The van der Waals surface area contributed by atoms with Gasteiger partial charge in [-0.1, -0.05) is 30.3 Å². The first-order chi connectivity index (χ1) is 16.0. The Morgan fingerprint density at radius 3 is 2.15 bits per heavy atom. The number of benzene rings is 1. The number of carboxylic acids is 1. The minimum Gasteiger partial charge on any atom is -0.505 e. The molecule has 2 aliphatic carbocycles. The van der Waals surface area contributed by atoms with Gasteiger partial charge in [-0.25, -0.2) is 0 Å². The van der Waals surface area contributed by atoms with Gasteiger partial charge in [-0.2, -0.15) is 0 Å². The molecule has 184 valence electrons. The number of hydrogen-bond acceptors (Lipinski definition) is 5. The van der Waals surface area contributed by atoms with Gasteiger partial charge in [0.15, 0.2) is 0 Å². The van der Waals surface area contributed by atoms with Crippen LogP contribution in [-0.4, -0.2) is 37.9 Å². The normalized spacial score (nSPS) is 25.0. The van der Waals surface area contributed by atoms with Crippen LogP contribution in [0.4, 0.5) is 0 Å². The first-order valence-electron chi connectivity index (χ1n) is 12.1. The Morgan fingerprint density at radius 2 is 1.58 bits per heavy atom. The molecule has 0 saturated heterocycles. The van der Waals surface area contributed by atoms with Gasteiger partial charge in [-0.05, 0) is 81.3 Å². The summed E-state index contributed by atoms with van der Waals surface area (Å²) in [5, 5.41) is 8.78. The maximum atomic E-state index is 12.0. The number of carboxylic acid groups (broad SMARTS) is 1. The summed E-state index contributed by atoms with van der Waals surface area (Å²) in [6.45, 7) is 1.19. The van der Waals surface area contributed by atoms with Gasteiger partial charge >= 0.3 is 11.9 Å². The Bertz CT molecular complexity index is 701. The lowest BCUT2D eigenvalue weighted by atomic mass is 9.81. The molecule has 2 aliphatic rings. The minimum atomic E-state index is -0.620. The SMILES string of the molecule is CO/C=C/C1CCC(C(=O)OCc2ccccc2)CC1.COCCC1CCC(C(=O)O)CC1. The van der Waals surface area contributed by atoms with E-state index in [-0.39, 0.29) is 17.8 Å². The Morgan fingerprint density at radius 1 is 0.939 bits per heavy atom. The number of ether oxygens (including phenoxy) is 3. The summed E-state index contributed by atoms with van der Waals surface area (Å²) in [5.41, 5.74) is 1.04. The standard InChI is InChI=1S/C17H22O3.C10H18O3/c1-19-12-11-14-7-9-16(10-8-14)17(18)20-13-15-5-3-2-4-6-15;1-13-7-6-8-2-4-9(5-3-8)10(11)12/h2-6,11-12,14,16H,7-10,13H2,1H3;8-9H,2-7H2,1H3,(H,11,12)/b12-11+;. The lowest BCUT2D eigenvalue weighted by Gasteiger charge is -2.25. The van der Waals surface area contributed by atoms with Crippen molar-refractivity contribution in [2.45, 2.75) is 64.4 Å². The summed E-state index contributed by atoms with van der Waals surface area (Å²) in [6.07, 6.45) is 12.6. The quantitative estimate of drug-likeness (QED) is 0.381. The highest BCUT2D eigenvalue weighted by Crippen LogP contribution is 2.31. The molecule has 0 unspecified atom stereocenters. The second-order valence-corrected chi connectivity index (χ2v) is 9.11. The number of carbonyl (C=O) groups excluding carboxylic acids is 1. The fourth-order valence-electron chi connectivity index (χ4n) is 4.57. The summed E-state index contributed by atoms with van der Waals surface area (Å²) in [5.74, 6) is 0.529. The van der Waals surface area contributed by atoms with Gasteiger partial charge in [-0.3, -0.25) is 9.59 Å². The molecule has 3 rings (SSSR count). The number of aliphatic carboxylic acids is 1. The van der Waals surface area contributed by atoms with E-state index in [2.05, 4.69) is 6.08 Å². The zero-order chi connectivity index (χ0) is 23.9. The molecule has 6 heteroatoms. The van der Waals surface area contributed by atoms with E-state index >= 15 is 0 Å². The van der Waals surface area contributed by atoms with Crippen molar-refractivity contribution in [2.24, 2.45) is 23.7 Å². The van der Waals surface area contributed by atoms with Gasteiger partial charge in [0, 0.05) is 13.7 Å². The number of hydrogen-bond donors (Lipinski definition) is 1. The molecular formula is C27H40O6. The molecule has 1 aromatic rings. The molecule has 1 N–H and O–H groups in total. The van der Waals surface area contributed by atoms with E-state index in [4.69, 9.17) is 19.3 Å². The molecule has 0 heterocycles. The Hall–Kier alpha value is -2.34. The fourth-order valence-corrected chi connectivity index (χ4v) is 4.57. The molecule has 0 spiro atoms. The van der Waals surface area contributed by atoms with Crippen molar-refractivity contribution >= 4 is 11.9 Å². The van der Waals surface area contributed by atoms with Crippen LogP contribution in [0.25, 0.3) is 0 Å². The maximum Gasteiger partial charge on any atom is 0.309 e. The van der Waals surface area contributed by atoms with E-state index < -0.39 is 5.97 Å². The number of methoxy groups -OCH3 is 2. The maximum absolute atomic E-state index is 12.0. The largest absolute Gasteiger partial charge is 0.505 e. The third kappa shape index (κ3) is 10.4. The molecule has 33 heavy (non-hydrogen) atoms. The molecule has 2 fully saturated rings. The van der Waals surface area contributed by atoms with Crippen molar-refractivity contribution in [1.29, 1.82) is 0 Å². The van der Waals surface area contributed by atoms with Gasteiger partial charge in [0.1, 0.15) is 6.61 Å². The highest BCUT2D eigenvalue weighted by Gasteiger charge is 2.27. The molecule has 1 aromatic carbocycles. The average molecular weight is 461 g/mol. The van der Waals surface area contributed by atoms with Crippen molar-refractivity contribution < 1.29 is 28.9 Å². The van der Waals surface area contributed by atoms with E-state index in [0.29, 0.717) is 18.4 Å². The Kier molecular flexibility index (Phi) is 12.6. The van der Waals surface area contributed by atoms with E-state index in [1.54, 1.807) is 20.5 Å². The Labute approximate surface area is 198 Å². The minimum absolute atomic E-state index is 0.0528. The van der Waals surface area contributed by atoms with E-state index in [1.807, 2.05) is 30.3 Å². The molecule has 0 bridgehead atoms. The average Bonchev–Trinajstić information content (AvgIpc) is 2.86. The predicted octanol–water partition coefficient (Wildman–Crippen LogP) is 5.61. The topological polar surface area (TPSA) is 82.1 Å². The summed E-state index contributed by atoms with van der Waals surface area (Å²) in [4.78, 5) is 22.7. The van der Waals surface area contributed by atoms with Crippen LogP contribution in [0, 0.1) is 23.7 Å². The number of carbonyl (C=O) groups is 2. The van der Waals surface area contributed by atoms with Gasteiger partial charge in [0.25, 0.3) is 0 Å². The summed E-state index contributed by atoms with van der Waals surface area (Å²) < 4.78 is 15.3. The zero-order valence-electron chi connectivity index (χ0n) is 20.1. The third-order valence-corrected chi connectivity index (χ3v) is 6.74. The smallest absolute Gasteiger partial charge is 0.309 e. The van der Waals surface area contributed by atoms with Crippen LogP contribution in [0.2, 0.25) is 0 Å². The lowest BCUT2D eigenvalue weighted by Crippen LogP contribution is -2.23. The van der Waals surface area contributed by atoms with Gasteiger partial charge in [0.2, 0.25) is 0 Å². The number of allylic oxidation sites excluding steroid dienone is 1. The zero-order valence-corrected chi connectivity index (χ0v) is 20.1. The van der Waals surface area contributed by atoms with Crippen LogP contribution in [0.5, 0.6) is 0 Å². The second kappa shape index (κ2) is 15.5.